The van der Waals surface area contributed by atoms with Crippen LogP contribution in [-0.2, 0) is 11.2 Å². The van der Waals surface area contributed by atoms with E-state index in [0.29, 0.717) is 5.69 Å². The minimum Gasteiger partial charge on any atom is -0.381 e. The number of aliphatic imine (C=N–C) groups is 1. The Morgan fingerprint density at radius 3 is 2.93 bits per heavy atom. The topological polar surface area (TPSA) is 89.4 Å². The van der Waals surface area contributed by atoms with E-state index in [0.717, 1.165) is 80.2 Å². The van der Waals surface area contributed by atoms with Gasteiger partial charge in [-0.25, -0.2) is 15.0 Å². The zero-order chi connectivity index (χ0) is 19.3. The van der Waals surface area contributed by atoms with Crippen LogP contribution in [0.15, 0.2) is 23.3 Å². The van der Waals surface area contributed by atoms with Gasteiger partial charge in [0.05, 0.1) is 5.69 Å². The van der Waals surface area contributed by atoms with Crippen LogP contribution in [0.4, 0.5) is 5.82 Å². The molecule has 1 amide bonds. The van der Waals surface area contributed by atoms with Gasteiger partial charge < -0.3 is 10.1 Å². The van der Waals surface area contributed by atoms with Gasteiger partial charge in [0.15, 0.2) is 5.82 Å². The van der Waals surface area contributed by atoms with Gasteiger partial charge in [-0.2, -0.15) is 0 Å². The number of carbonyl (C=O) groups is 1. The standard InChI is InChI=1S/C21H25N5O2/c1-22-21(27)17-8-7-15(13-24-17)18-16-6-4-10-23-20(16)26-19(25-18)14-5-2-3-11-28-12-9-14/h7-8,10,13-14H,2-6,9,11-12H2,1H3,(H,22,27). The lowest BCUT2D eigenvalue weighted by Crippen LogP contribution is -2.19. The van der Waals surface area contributed by atoms with Crippen LogP contribution >= 0.6 is 0 Å². The van der Waals surface area contributed by atoms with E-state index < -0.39 is 0 Å². The molecule has 0 aliphatic carbocycles. The highest BCUT2D eigenvalue weighted by molar-refractivity contribution is 5.92. The van der Waals surface area contributed by atoms with Crippen molar-refractivity contribution in [3.63, 3.8) is 0 Å². The molecule has 1 saturated heterocycles. The summed E-state index contributed by atoms with van der Waals surface area (Å²) >= 11 is 0. The maximum atomic E-state index is 11.8. The van der Waals surface area contributed by atoms with Gasteiger partial charge in [-0.05, 0) is 44.2 Å². The Bertz CT molecular complexity index is 871. The lowest BCUT2D eigenvalue weighted by Gasteiger charge is -2.22. The van der Waals surface area contributed by atoms with Crippen molar-refractivity contribution in [2.75, 3.05) is 20.3 Å². The third-order valence-corrected chi connectivity index (χ3v) is 5.30. The summed E-state index contributed by atoms with van der Waals surface area (Å²) in [5.41, 5.74) is 3.23. The van der Waals surface area contributed by atoms with E-state index in [1.165, 1.54) is 0 Å². The molecule has 0 aromatic carbocycles. The van der Waals surface area contributed by atoms with E-state index in [2.05, 4.69) is 15.3 Å². The Morgan fingerprint density at radius 2 is 2.11 bits per heavy atom. The van der Waals surface area contributed by atoms with E-state index in [1.54, 1.807) is 19.3 Å². The molecule has 1 fully saturated rings. The molecule has 1 unspecified atom stereocenters. The monoisotopic (exact) mass is 379 g/mol. The number of hydrogen-bond acceptors (Lipinski definition) is 6. The molecular formula is C21H25N5O2. The van der Waals surface area contributed by atoms with Gasteiger partial charge in [0.2, 0.25) is 0 Å². The molecule has 7 heteroatoms. The number of nitrogens with zero attached hydrogens (tertiary/aromatic N) is 4. The van der Waals surface area contributed by atoms with Crippen LogP contribution in [0, 0.1) is 0 Å². The predicted molar refractivity (Wildman–Crippen MR) is 107 cm³/mol. The summed E-state index contributed by atoms with van der Waals surface area (Å²) in [5.74, 6) is 1.69. The molecule has 7 nitrogen and oxygen atoms in total. The molecule has 1 atom stereocenters. The zero-order valence-corrected chi connectivity index (χ0v) is 16.1. The van der Waals surface area contributed by atoms with Crippen LogP contribution in [0.2, 0.25) is 0 Å². The summed E-state index contributed by atoms with van der Waals surface area (Å²) in [4.78, 5) is 30.4. The highest BCUT2D eigenvalue weighted by atomic mass is 16.5. The van der Waals surface area contributed by atoms with Crippen molar-refractivity contribution in [3.05, 3.63) is 35.4 Å². The first-order valence-corrected chi connectivity index (χ1v) is 9.96. The average Bonchev–Trinajstić information content (AvgIpc) is 2.72. The van der Waals surface area contributed by atoms with Gasteiger partial charge in [-0.1, -0.05) is 6.42 Å². The molecule has 2 aromatic rings. The first-order valence-electron chi connectivity index (χ1n) is 9.96. The normalized spacial score (nSPS) is 19.4. The van der Waals surface area contributed by atoms with Crippen LogP contribution in [-0.4, -0.2) is 47.3 Å². The number of ether oxygens (including phenoxy) is 1. The molecule has 2 aliphatic rings. The maximum absolute atomic E-state index is 11.8. The van der Waals surface area contributed by atoms with Gasteiger partial charge in [-0.3, -0.25) is 9.78 Å². The molecule has 1 N–H and O–H groups in total. The van der Waals surface area contributed by atoms with Crippen molar-refractivity contribution in [2.24, 2.45) is 4.99 Å². The average molecular weight is 379 g/mol. The lowest BCUT2D eigenvalue weighted by molar-refractivity contribution is 0.0958. The Kier molecular flexibility index (Phi) is 5.71. The van der Waals surface area contributed by atoms with Crippen molar-refractivity contribution in [1.82, 2.24) is 20.3 Å². The van der Waals surface area contributed by atoms with Gasteiger partial charge in [0.1, 0.15) is 11.5 Å². The number of rotatable bonds is 3. The first-order chi connectivity index (χ1) is 13.8. The zero-order valence-electron chi connectivity index (χ0n) is 16.1. The van der Waals surface area contributed by atoms with E-state index in [1.807, 2.05) is 12.3 Å². The maximum Gasteiger partial charge on any atom is 0.269 e. The van der Waals surface area contributed by atoms with E-state index in [-0.39, 0.29) is 11.8 Å². The van der Waals surface area contributed by atoms with Gasteiger partial charge >= 0.3 is 0 Å². The minimum absolute atomic E-state index is 0.198. The SMILES string of the molecule is CNC(=O)c1ccc(-c2nc(C3CCCCOCC3)nc3c2CCC=N3)cn1. The molecule has 4 heterocycles. The van der Waals surface area contributed by atoms with Crippen molar-refractivity contribution < 1.29 is 9.53 Å². The van der Waals surface area contributed by atoms with Crippen molar-refractivity contribution in [3.8, 4) is 11.3 Å². The van der Waals surface area contributed by atoms with Crippen LogP contribution in [0.3, 0.4) is 0 Å². The van der Waals surface area contributed by atoms with Crippen LogP contribution < -0.4 is 5.32 Å². The third kappa shape index (κ3) is 3.94. The summed E-state index contributed by atoms with van der Waals surface area (Å²) in [6.45, 7) is 1.59. The molecule has 0 bridgehead atoms. The number of aromatic nitrogens is 3. The van der Waals surface area contributed by atoms with Crippen LogP contribution in [0.25, 0.3) is 11.3 Å². The van der Waals surface area contributed by atoms with Gasteiger partial charge in [0, 0.05) is 49.7 Å². The molecule has 0 saturated carbocycles. The number of carbonyl (C=O) groups excluding carboxylic acids is 1. The molecule has 2 aromatic heterocycles. The Morgan fingerprint density at radius 1 is 1.18 bits per heavy atom. The Labute approximate surface area is 164 Å². The van der Waals surface area contributed by atoms with Crippen molar-refractivity contribution in [1.29, 1.82) is 0 Å². The fourth-order valence-electron chi connectivity index (χ4n) is 3.73. The quantitative estimate of drug-likeness (QED) is 0.884. The Balaban J connectivity index is 1.73. The summed E-state index contributed by atoms with van der Waals surface area (Å²) in [6.07, 6.45) is 9.58. The Hall–Kier alpha value is -2.67. The fourth-order valence-corrected chi connectivity index (χ4v) is 3.73. The smallest absolute Gasteiger partial charge is 0.269 e. The molecule has 28 heavy (non-hydrogen) atoms. The number of fused-ring (bicyclic) bond motifs is 1. The van der Waals surface area contributed by atoms with E-state index in [4.69, 9.17) is 14.7 Å². The number of hydrogen-bond donors (Lipinski definition) is 1. The summed E-state index contributed by atoms with van der Waals surface area (Å²) in [5, 5.41) is 2.60. The predicted octanol–water partition coefficient (Wildman–Crippen LogP) is 3.22. The lowest BCUT2D eigenvalue weighted by atomic mass is 9.95. The van der Waals surface area contributed by atoms with E-state index in [9.17, 15) is 4.79 Å². The second-order valence-corrected chi connectivity index (χ2v) is 7.19. The molecule has 0 radical (unpaired) electrons. The van der Waals surface area contributed by atoms with Gasteiger partial charge in [-0.15, -0.1) is 0 Å². The molecular weight excluding hydrogens is 354 g/mol. The van der Waals surface area contributed by atoms with Gasteiger partial charge in [0.25, 0.3) is 5.91 Å². The number of nitrogens with one attached hydrogen (secondary N) is 1. The summed E-state index contributed by atoms with van der Waals surface area (Å²) < 4.78 is 5.67. The second-order valence-electron chi connectivity index (χ2n) is 7.19. The summed E-state index contributed by atoms with van der Waals surface area (Å²) in [7, 11) is 1.60. The summed E-state index contributed by atoms with van der Waals surface area (Å²) in [6, 6.07) is 3.64. The number of pyridine rings is 1. The second kappa shape index (κ2) is 8.56. The van der Waals surface area contributed by atoms with Crippen molar-refractivity contribution >= 4 is 17.9 Å². The van der Waals surface area contributed by atoms with Crippen LogP contribution in [0.5, 0.6) is 0 Å². The molecule has 146 valence electrons. The van der Waals surface area contributed by atoms with Crippen LogP contribution in [0.1, 0.15) is 59.9 Å². The minimum atomic E-state index is -0.198. The van der Waals surface area contributed by atoms with Crippen molar-refractivity contribution in [2.45, 2.75) is 44.4 Å². The molecule has 4 rings (SSSR count). The largest absolute Gasteiger partial charge is 0.381 e. The van der Waals surface area contributed by atoms with E-state index >= 15 is 0 Å². The fraction of sp³-hybridized carbons (Fsp3) is 0.476. The molecule has 0 spiro atoms. The molecule has 2 aliphatic heterocycles. The number of amides is 1. The highest BCUT2D eigenvalue weighted by Gasteiger charge is 2.23. The first kappa shape index (κ1) is 18.7. The third-order valence-electron chi connectivity index (χ3n) is 5.30. The highest BCUT2D eigenvalue weighted by Crippen LogP contribution is 2.34.